The van der Waals surface area contributed by atoms with E-state index in [2.05, 4.69) is 20.2 Å². The van der Waals surface area contributed by atoms with Gasteiger partial charge < -0.3 is 4.74 Å². The minimum absolute atomic E-state index is 0.279. The van der Waals surface area contributed by atoms with Crippen LogP contribution in [0.5, 0.6) is 0 Å². The summed E-state index contributed by atoms with van der Waals surface area (Å²) in [4.78, 5) is 20.8. The summed E-state index contributed by atoms with van der Waals surface area (Å²) < 4.78 is 7.51. The maximum absolute atomic E-state index is 12.0. The molecule has 9 heteroatoms. The van der Waals surface area contributed by atoms with E-state index in [0.29, 0.717) is 28.1 Å². The number of benzene rings is 1. The summed E-state index contributed by atoms with van der Waals surface area (Å²) in [6, 6.07) is 8.91. The van der Waals surface area contributed by atoms with Crippen LogP contribution in [0, 0.1) is 13.8 Å². The van der Waals surface area contributed by atoms with Gasteiger partial charge in [0.1, 0.15) is 0 Å². The van der Waals surface area contributed by atoms with Crippen LogP contribution in [0.2, 0.25) is 5.02 Å². The molecule has 0 saturated heterocycles. The van der Waals surface area contributed by atoms with E-state index < -0.39 is 6.23 Å². The molecule has 0 aliphatic carbocycles. The molecule has 0 bridgehead atoms. The van der Waals surface area contributed by atoms with E-state index in [-0.39, 0.29) is 5.91 Å². The fourth-order valence-electron chi connectivity index (χ4n) is 2.73. The van der Waals surface area contributed by atoms with Crippen molar-refractivity contribution in [3.8, 4) is 0 Å². The Labute approximate surface area is 154 Å². The first kappa shape index (κ1) is 16.5. The summed E-state index contributed by atoms with van der Waals surface area (Å²) in [5.74, 6) is 0.791. The van der Waals surface area contributed by atoms with Crippen molar-refractivity contribution in [2.75, 3.05) is 0 Å². The topological polar surface area (TPSA) is 85.0 Å². The Morgan fingerprint density at radius 2 is 1.92 bits per heavy atom. The number of fused-ring (bicyclic) bond motifs is 1. The Kier molecular flexibility index (Phi) is 3.84. The Hall–Kier alpha value is -3.00. The van der Waals surface area contributed by atoms with Crippen molar-refractivity contribution in [3.63, 3.8) is 0 Å². The van der Waals surface area contributed by atoms with E-state index in [9.17, 15) is 4.79 Å². The van der Waals surface area contributed by atoms with Gasteiger partial charge in [-0.25, -0.2) is 9.50 Å². The molecule has 0 fully saturated rings. The molecule has 1 atom stereocenters. The number of aromatic nitrogens is 4. The van der Waals surface area contributed by atoms with E-state index in [1.54, 1.807) is 28.8 Å². The minimum atomic E-state index is -0.848. The predicted molar refractivity (Wildman–Crippen MR) is 94.6 cm³/mol. The monoisotopic (exact) mass is 370 g/mol. The van der Waals surface area contributed by atoms with E-state index in [1.165, 1.54) is 11.9 Å². The van der Waals surface area contributed by atoms with Crippen molar-refractivity contribution in [2.24, 2.45) is 5.10 Å². The highest BCUT2D eigenvalue weighted by Gasteiger charge is 2.36. The van der Waals surface area contributed by atoms with Gasteiger partial charge in [-0.15, -0.1) is 10.2 Å². The van der Waals surface area contributed by atoms with Gasteiger partial charge in [-0.05, 0) is 44.2 Å². The van der Waals surface area contributed by atoms with Gasteiger partial charge in [0, 0.05) is 28.9 Å². The molecule has 1 aliphatic heterocycles. The molecular weight excluding hydrogens is 356 g/mol. The molecule has 3 aromatic rings. The second-order valence-corrected chi connectivity index (χ2v) is 6.40. The van der Waals surface area contributed by atoms with Crippen LogP contribution in [-0.2, 0) is 9.53 Å². The Balaban J connectivity index is 1.73. The molecule has 0 spiro atoms. The minimum Gasteiger partial charge on any atom is -0.442 e. The zero-order valence-corrected chi connectivity index (χ0v) is 15.1. The Morgan fingerprint density at radius 1 is 1.19 bits per heavy atom. The predicted octanol–water partition coefficient (Wildman–Crippen LogP) is 2.63. The second kappa shape index (κ2) is 6.06. The first-order valence-electron chi connectivity index (χ1n) is 7.94. The number of carbonyl (C=O) groups excluding carboxylic acids is 1. The molecule has 132 valence electrons. The van der Waals surface area contributed by atoms with Crippen molar-refractivity contribution < 1.29 is 9.53 Å². The van der Waals surface area contributed by atoms with Crippen LogP contribution in [0.3, 0.4) is 0 Å². The Bertz CT molecular complexity index is 1040. The number of carbonyl (C=O) groups is 1. The normalized spacial score (nSPS) is 16.7. The number of ether oxygens (including phenoxy) is 1. The third-order valence-corrected chi connectivity index (χ3v) is 4.17. The number of hydrazone groups is 1. The number of hydrogen-bond acceptors (Lipinski definition) is 6. The van der Waals surface area contributed by atoms with Crippen LogP contribution in [0.15, 0.2) is 35.4 Å². The first-order chi connectivity index (χ1) is 12.4. The maximum Gasteiger partial charge on any atom is 0.258 e. The molecule has 0 saturated carbocycles. The van der Waals surface area contributed by atoms with Crippen molar-refractivity contribution >= 4 is 29.2 Å². The van der Waals surface area contributed by atoms with E-state index in [4.69, 9.17) is 16.3 Å². The van der Waals surface area contributed by atoms with Crippen molar-refractivity contribution in [1.29, 1.82) is 0 Å². The van der Waals surface area contributed by atoms with Crippen LogP contribution >= 0.6 is 11.6 Å². The number of nitrogens with zero attached hydrogens (tertiary/aromatic N) is 6. The molecule has 0 unspecified atom stereocenters. The van der Waals surface area contributed by atoms with Gasteiger partial charge in [0.2, 0.25) is 17.6 Å². The van der Waals surface area contributed by atoms with Crippen LogP contribution in [0.4, 0.5) is 0 Å². The fourth-order valence-corrected chi connectivity index (χ4v) is 2.86. The fraction of sp³-hybridized carbons (Fsp3) is 0.235. The lowest BCUT2D eigenvalue weighted by atomic mass is 10.2. The summed E-state index contributed by atoms with van der Waals surface area (Å²) in [5.41, 5.74) is 2.43. The van der Waals surface area contributed by atoms with Gasteiger partial charge in [-0.1, -0.05) is 11.6 Å². The molecule has 1 aliphatic rings. The largest absolute Gasteiger partial charge is 0.442 e. The number of amides is 1. The van der Waals surface area contributed by atoms with Crippen molar-refractivity contribution in [3.05, 3.63) is 58.1 Å². The summed E-state index contributed by atoms with van der Waals surface area (Å²) >= 11 is 5.92. The van der Waals surface area contributed by atoms with Gasteiger partial charge in [0.25, 0.3) is 12.0 Å². The Morgan fingerprint density at radius 3 is 2.62 bits per heavy atom. The van der Waals surface area contributed by atoms with Gasteiger partial charge in [0.15, 0.2) is 0 Å². The number of halogens is 1. The second-order valence-electron chi connectivity index (χ2n) is 5.97. The number of rotatable bonds is 2. The average Bonchev–Trinajstić information content (AvgIpc) is 3.19. The lowest BCUT2D eigenvalue weighted by Crippen LogP contribution is -2.26. The lowest BCUT2D eigenvalue weighted by molar-refractivity contribution is -0.135. The molecule has 26 heavy (non-hydrogen) atoms. The molecule has 8 nitrogen and oxygen atoms in total. The number of aryl methyl sites for hydroxylation is 2. The third-order valence-electron chi connectivity index (χ3n) is 3.91. The third kappa shape index (κ3) is 2.78. The smallest absolute Gasteiger partial charge is 0.258 e. The zero-order valence-electron chi connectivity index (χ0n) is 14.3. The summed E-state index contributed by atoms with van der Waals surface area (Å²) in [5, 5.41) is 10.5. The lowest BCUT2D eigenvalue weighted by Gasteiger charge is -2.15. The van der Waals surface area contributed by atoms with E-state index >= 15 is 0 Å². The molecule has 0 N–H and O–H groups in total. The molecule has 4 rings (SSSR count). The highest BCUT2D eigenvalue weighted by atomic mass is 35.5. The number of hydrogen-bond donors (Lipinski definition) is 0. The van der Waals surface area contributed by atoms with Crippen LogP contribution in [-0.4, -0.2) is 36.4 Å². The molecule has 1 aromatic carbocycles. The molecule has 0 radical (unpaired) electrons. The molecule has 1 amide bonds. The van der Waals surface area contributed by atoms with E-state index in [0.717, 1.165) is 11.4 Å². The average molecular weight is 371 g/mol. The SMILES string of the molecule is CC(=O)N1N=C(c2ccc(Cl)cc2)O[C@H]1c1nc2nc(C)cc(C)n2n1. The summed E-state index contributed by atoms with van der Waals surface area (Å²) in [6.45, 7) is 5.21. The standard InChI is InChI=1S/C17H15ClN6O2/c1-9-8-10(2)23-17(19-9)20-14(21-23)16-24(11(3)25)22-15(26-16)12-4-6-13(18)7-5-12/h4-8,16H,1-3H3/t16-/m0/s1. The van der Waals surface area contributed by atoms with Crippen LogP contribution in [0.1, 0.15) is 35.9 Å². The molecule has 3 heterocycles. The van der Waals surface area contributed by atoms with Crippen molar-refractivity contribution in [2.45, 2.75) is 27.0 Å². The first-order valence-corrected chi connectivity index (χ1v) is 8.32. The van der Waals surface area contributed by atoms with Gasteiger partial charge in [0.05, 0.1) is 0 Å². The highest BCUT2D eigenvalue weighted by molar-refractivity contribution is 6.30. The summed E-state index contributed by atoms with van der Waals surface area (Å²) in [7, 11) is 0. The van der Waals surface area contributed by atoms with Crippen LogP contribution in [0.25, 0.3) is 5.78 Å². The highest BCUT2D eigenvalue weighted by Crippen LogP contribution is 2.29. The summed E-state index contributed by atoms with van der Waals surface area (Å²) in [6.07, 6.45) is -0.848. The van der Waals surface area contributed by atoms with Crippen molar-refractivity contribution in [1.82, 2.24) is 24.6 Å². The quantitative estimate of drug-likeness (QED) is 0.692. The molecular formula is C17H15ClN6O2. The zero-order chi connectivity index (χ0) is 18.4. The van der Waals surface area contributed by atoms with E-state index in [1.807, 2.05) is 19.9 Å². The van der Waals surface area contributed by atoms with Crippen LogP contribution < -0.4 is 0 Å². The maximum atomic E-state index is 12.0. The van der Waals surface area contributed by atoms with Gasteiger partial charge in [-0.2, -0.15) is 9.99 Å². The van der Waals surface area contributed by atoms with Gasteiger partial charge >= 0.3 is 0 Å². The molecule has 2 aromatic heterocycles. The van der Waals surface area contributed by atoms with Gasteiger partial charge in [-0.3, -0.25) is 4.79 Å².